The van der Waals surface area contributed by atoms with Crippen LogP contribution in [0.25, 0.3) is 11.0 Å². The summed E-state index contributed by atoms with van der Waals surface area (Å²) in [5, 5.41) is 3.40. The molecule has 2 aliphatic heterocycles. The summed E-state index contributed by atoms with van der Waals surface area (Å²) in [5.74, 6) is 2.32. The highest BCUT2D eigenvalue weighted by Gasteiger charge is 2.37. The van der Waals surface area contributed by atoms with Crippen molar-refractivity contribution in [1.82, 2.24) is 20.3 Å². The number of anilines is 1. The number of nitrogens with zero attached hydrogens (tertiary/aromatic N) is 3. The van der Waals surface area contributed by atoms with Gasteiger partial charge in [-0.05, 0) is 63.7 Å². The molecule has 2 aromatic heterocycles. The smallest absolute Gasteiger partial charge is 0.262 e. The zero-order valence-corrected chi connectivity index (χ0v) is 18.6. The zero-order valence-electron chi connectivity index (χ0n) is 18.6. The highest BCUT2D eigenvalue weighted by atomic mass is 16.7. The fourth-order valence-corrected chi connectivity index (χ4v) is 4.74. The van der Waals surface area contributed by atoms with Crippen molar-refractivity contribution in [1.29, 1.82) is 0 Å². The number of benzene rings is 1. The number of piperidine rings is 1. The standard InChI is InChI=1S/C24H27N5O4/c1-14-20(21-17(28-14)10-26-12-27-21)24(30)29(16-6-8-25-9-7-16)22-18(31-11-15-2-3-15)4-5-19-23(22)33-13-32-19/h4-5,10,12,15-16,25,28H,2-3,6-9,11,13H2,1H3. The number of amides is 1. The van der Waals surface area contributed by atoms with E-state index in [0.29, 0.717) is 46.5 Å². The molecule has 1 saturated heterocycles. The number of H-pyrrole nitrogens is 1. The molecule has 9 nitrogen and oxygen atoms in total. The number of fused-ring (bicyclic) bond motifs is 2. The average molecular weight is 450 g/mol. The van der Waals surface area contributed by atoms with Crippen LogP contribution in [0.15, 0.2) is 24.7 Å². The predicted molar refractivity (Wildman–Crippen MR) is 122 cm³/mol. The number of aromatic amines is 1. The third kappa shape index (κ3) is 3.66. The van der Waals surface area contributed by atoms with Gasteiger partial charge in [-0.15, -0.1) is 0 Å². The average Bonchev–Trinajstić information content (AvgIpc) is 3.43. The lowest BCUT2D eigenvalue weighted by Crippen LogP contribution is -2.47. The van der Waals surface area contributed by atoms with Crippen LogP contribution in [0.1, 0.15) is 41.7 Å². The van der Waals surface area contributed by atoms with Gasteiger partial charge < -0.3 is 24.5 Å². The van der Waals surface area contributed by atoms with Crippen LogP contribution in [0.4, 0.5) is 5.69 Å². The van der Waals surface area contributed by atoms with E-state index < -0.39 is 0 Å². The van der Waals surface area contributed by atoms with Crippen molar-refractivity contribution in [2.24, 2.45) is 5.92 Å². The normalized spacial score (nSPS) is 18.0. The van der Waals surface area contributed by atoms with Crippen LogP contribution in [-0.2, 0) is 0 Å². The molecular formula is C24H27N5O4. The van der Waals surface area contributed by atoms with Gasteiger partial charge >= 0.3 is 0 Å². The molecule has 0 radical (unpaired) electrons. The van der Waals surface area contributed by atoms with Gasteiger partial charge in [0.05, 0.1) is 23.9 Å². The van der Waals surface area contributed by atoms with E-state index in [4.69, 9.17) is 14.2 Å². The van der Waals surface area contributed by atoms with Gasteiger partial charge in [-0.1, -0.05) is 0 Å². The van der Waals surface area contributed by atoms with Crippen molar-refractivity contribution in [3.63, 3.8) is 0 Å². The van der Waals surface area contributed by atoms with Gasteiger partial charge in [-0.3, -0.25) is 9.69 Å². The third-order valence-corrected chi connectivity index (χ3v) is 6.64. The van der Waals surface area contributed by atoms with Crippen LogP contribution < -0.4 is 24.4 Å². The molecule has 0 atom stereocenters. The maximum Gasteiger partial charge on any atom is 0.262 e. The van der Waals surface area contributed by atoms with Crippen LogP contribution in [0.2, 0.25) is 0 Å². The minimum atomic E-state index is -0.121. The second-order valence-electron chi connectivity index (χ2n) is 8.97. The van der Waals surface area contributed by atoms with Crippen molar-refractivity contribution in [2.75, 3.05) is 31.4 Å². The molecular weight excluding hydrogens is 422 g/mol. The Morgan fingerprint density at radius 1 is 1.21 bits per heavy atom. The summed E-state index contributed by atoms with van der Waals surface area (Å²) in [6.07, 6.45) is 7.20. The van der Waals surface area contributed by atoms with E-state index in [2.05, 4.69) is 20.3 Å². The molecule has 1 saturated carbocycles. The minimum absolute atomic E-state index is 0.0103. The summed E-state index contributed by atoms with van der Waals surface area (Å²) in [4.78, 5) is 28.0. The number of carbonyl (C=O) groups excluding carboxylic acids is 1. The number of hydrogen-bond acceptors (Lipinski definition) is 7. The van der Waals surface area contributed by atoms with E-state index in [0.717, 1.165) is 37.1 Å². The summed E-state index contributed by atoms with van der Waals surface area (Å²) in [6, 6.07) is 3.75. The molecule has 4 heterocycles. The molecule has 33 heavy (non-hydrogen) atoms. The van der Waals surface area contributed by atoms with Gasteiger partial charge in [0, 0.05) is 11.7 Å². The number of aryl methyl sites for hydroxylation is 1. The molecule has 3 aliphatic rings. The van der Waals surface area contributed by atoms with Gasteiger partial charge in [-0.2, -0.15) is 0 Å². The summed E-state index contributed by atoms with van der Waals surface area (Å²) in [5.41, 5.74) is 3.34. The lowest BCUT2D eigenvalue weighted by molar-refractivity contribution is 0.0969. The lowest BCUT2D eigenvalue weighted by Gasteiger charge is -2.36. The molecule has 9 heteroatoms. The van der Waals surface area contributed by atoms with Crippen molar-refractivity contribution in [2.45, 2.75) is 38.6 Å². The Hall–Kier alpha value is -3.33. The van der Waals surface area contributed by atoms with E-state index in [1.165, 1.54) is 19.2 Å². The maximum atomic E-state index is 14.3. The number of hydrogen-bond donors (Lipinski definition) is 2. The number of ether oxygens (including phenoxy) is 3. The molecule has 0 unspecified atom stereocenters. The monoisotopic (exact) mass is 449 g/mol. The van der Waals surface area contributed by atoms with Gasteiger partial charge in [0.1, 0.15) is 23.3 Å². The first-order valence-corrected chi connectivity index (χ1v) is 11.6. The molecule has 2 fully saturated rings. The van der Waals surface area contributed by atoms with Crippen LogP contribution in [0, 0.1) is 12.8 Å². The summed E-state index contributed by atoms with van der Waals surface area (Å²) in [6.45, 7) is 4.35. The Kier molecular flexibility index (Phi) is 5.05. The Bertz CT molecular complexity index is 1200. The highest BCUT2D eigenvalue weighted by Crippen LogP contribution is 2.49. The van der Waals surface area contributed by atoms with Crippen LogP contribution in [-0.4, -0.2) is 53.4 Å². The number of carbonyl (C=O) groups is 1. The van der Waals surface area contributed by atoms with Crippen molar-refractivity contribution in [3.05, 3.63) is 35.9 Å². The molecule has 1 aliphatic carbocycles. The van der Waals surface area contributed by atoms with Crippen molar-refractivity contribution < 1.29 is 19.0 Å². The number of aromatic nitrogens is 3. The molecule has 6 rings (SSSR count). The van der Waals surface area contributed by atoms with Crippen LogP contribution in [0.3, 0.4) is 0 Å². The van der Waals surface area contributed by atoms with E-state index in [1.54, 1.807) is 6.20 Å². The largest absolute Gasteiger partial charge is 0.491 e. The molecule has 0 spiro atoms. The fourth-order valence-electron chi connectivity index (χ4n) is 4.74. The van der Waals surface area contributed by atoms with Crippen LogP contribution in [0.5, 0.6) is 17.2 Å². The lowest BCUT2D eigenvalue weighted by atomic mass is 10.0. The quantitative estimate of drug-likeness (QED) is 0.596. The maximum absolute atomic E-state index is 14.3. The molecule has 0 bridgehead atoms. The second-order valence-corrected chi connectivity index (χ2v) is 8.97. The Morgan fingerprint density at radius 3 is 2.88 bits per heavy atom. The first kappa shape index (κ1) is 20.3. The molecule has 1 aromatic carbocycles. The number of rotatable bonds is 6. The van der Waals surface area contributed by atoms with E-state index in [1.807, 2.05) is 24.0 Å². The van der Waals surface area contributed by atoms with Gasteiger partial charge in [0.25, 0.3) is 5.91 Å². The van der Waals surface area contributed by atoms with Gasteiger partial charge in [0.15, 0.2) is 11.5 Å². The third-order valence-electron chi connectivity index (χ3n) is 6.64. The van der Waals surface area contributed by atoms with Crippen molar-refractivity contribution >= 4 is 22.6 Å². The molecule has 1 amide bonds. The summed E-state index contributed by atoms with van der Waals surface area (Å²) < 4.78 is 17.8. The van der Waals surface area contributed by atoms with E-state index >= 15 is 0 Å². The van der Waals surface area contributed by atoms with E-state index in [9.17, 15) is 4.79 Å². The predicted octanol–water partition coefficient (Wildman–Crippen LogP) is 3.18. The Balaban J connectivity index is 1.50. The topological polar surface area (TPSA) is 102 Å². The van der Waals surface area contributed by atoms with E-state index in [-0.39, 0.29) is 18.7 Å². The highest BCUT2D eigenvalue weighted by molar-refractivity contribution is 6.15. The Morgan fingerprint density at radius 2 is 2.06 bits per heavy atom. The van der Waals surface area contributed by atoms with Gasteiger partial charge in [0.2, 0.25) is 6.79 Å². The minimum Gasteiger partial charge on any atom is -0.491 e. The molecule has 2 N–H and O–H groups in total. The first-order valence-electron chi connectivity index (χ1n) is 11.6. The first-order chi connectivity index (χ1) is 16.2. The number of nitrogens with one attached hydrogen (secondary N) is 2. The fraction of sp³-hybridized carbons (Fsp3) is 0.458. The SMILES string of the molecule is Cc1[nH]c2cncnc2c1C(=O)N(c1c(OCC2CC2)ccc2c1OCO2)C1CCNCC1. The summed E-state index contributed by atoms with van der Waals surface area (Å²) >= 11 is 0. The van der Waals surface area contributed by atoms with Crippen LogP contribution >= 0.6 is 0 Å². The zero-order chi connectivity index (χ0) is 22.4. The summed E-state index contributed by atoms with van der Waals surface area (Å²) in [7, 11) is 0. The molecule has 172 valence electrons. The Labute approximate surface area is 191 Å². The second kappa shape index (κ2) is 8.22. The van der Waals surface area contributed by atoms with Crippen molar-refractivity contribution in [3.8, 4) is 17.2 Å². The molecule has 3 aromatic rings. The van der Waals surface area contributed by atoms with Gasteiger partial charge in [-0.25, -0.2) is 9.97 Å².